The predicted octanol–water partition coefficient (Wildman–Crippen LogP) is 2.19. The highest BCUT2D eigenvalue weighted by molar-refractivity contribution is 5.92. The molecule has 1 amide bonds. The monoisotopic (exact) mass is 340 g/mol. The van der Waals surface area contributed by atoms with Crippen LogP contribution in [0.5, 0.6) is 0 Å². The Morgan fingerprint density at radius 1 is 1.40 bits per heavy atom. The molecule has 0 aliphatic carbocycles. The molecule has 130 valence electrons. The Kier molecular flexibility index (Phi) is 4.23. The van der Waals surface area contributed by atoms with Crippen molar-refractivity contribution in [3.05, 3.63) is 47.5 Å². The lowest BCUT2D eigenvalue weighted by Gasteiger charge is -2.22. The first-order valence-corrected chi connectivity index (χ1v) is 8.41. The number of rotatable bonds is 3. The maximum atomic E-state index is 12.6. The molecular formula is C18H20N4O3. The van der Waals surface area contributed by atoms with E-state index in [2.05, 4.69) is 27.5 Å². The predicted molar refractivity (Wildman–Crippen MR) is 91.3 cm³/mol. The minimum Gasteiger partial charge on any atom is -0.379 e. The average molecular weight is 340 g/mol. The summed E-state index contributed by atoms with van der Waals surface area (Å²) in [5.41, 5.74) is 2.60. The topological polar surface area (TPSA) is 84.2 Å². The minimum absolute atomic E-state index is 0.0994. The van der Waals surface area contributed by atoms with Crippen LogP contribution in [0.3, 0.4) is 0 Å². The third-order valence-electron chi connectivity index (χ3n) is 4.50. The van der Waals surface area contributed by atoms with Crippen molar-refractivity contribution in [3.63, 3.8) is 0 Å². The van der Waals surface area contributed by atoms with Gasteiger partial charge in [0.2, 0.25) is 0 Å². The van der Waals surface area contributed by atoms with Crippen LogP contribution in [0.25, 0.3) is 10.9 Å². The lowest BCUT2D eigenvalue weighted by molar-refractivity contribution is 0.0727. The summed E-state index contributed by atoms with van der Waals surface area (Å²) in [6.45, 7) is 4.19. The number of nitrogens with one attached hydrogen (secondary N) is 1. The Morgan fingerprint density at radius 3 is 3.16 bits per heavy atom. The van der Waals surface area contributed by atoms with E-state index in [0.29, 0.717) is 37.8 Å². The smallest absolute Gasteiger partial charge is 0.276 e. The zero-order valence-corrected chi connectivity index (χ0v) is 14.1. The normalized spacial score (nSPS) is 18.4. The van der Waals surface area contributed by atoms with Crippen LogP contribution in [0.2, 0.25) is 0 Å². The van der Waals surface area contributed by atoms with Crippen LogP contribution < -0.4 is 0 Å². The van der Waals surface area contributed by atoms with E-state index < -0.39 is 0 Å². The number of aromatic nitrogens is 3. The largest absolute Gasteiger partial charge is 0.379 e. The number of fused-ring (bicyclic) bond motifs is 1. The summed E-state index contributed by atoms with van der Waals surface area (Å²) in [7, 11) is 0. The van der Waals surface area contributed by atoms with E-state index in [4.69, 9.17) is 9.26 Å². The molecule has 1 fully saturated rings. The lowest BCUT2D eigenvalue weighted by atomic mass is 9.98. The maximum absolute atomic E-state index is 12.6. The van der Waals surface area contributed by atoms with Crippen molar-refractivity contribution in [1.82, 2.24) is 20.3 Å². The van der Waals surface area contributed by atoms with E-state index in [0.717, 1.165) is 17.3 Å². The van der Waals surface area contributed by atoms with Crippen molar-refractivity contribution in [3.8, 4) is 0 Å². The first kappa shape index (κ1) is 15.8. The fraction of sp³-hybridized carbons (Fsp3) is 0.389. The fourth-order valence-electron chi connectivity index (χ4n) is 3.27. The zero-order chi connectivity index (χ0) is 17.2. The van der Waals surface area contributed by atoms with Gasteiger partial charge in [-0.05, 0) is 31.0 Å². The molecule has 7 heteroatoms. The molecule has 1 atom stereocenters. The van der Waals surface area contributed by atoms with Gasteiger partial charge in [-0.15, -0.1) is 0 Å². The van der Waals surface area contributed by atoms with E-state index in [-0.39, 0.29) is 11.8 Å². The van der Waals surface area contributed by atoms with Gasteiger partial charge < -0.3 is 14.2 Å². The molecule has 7 nitrogen and oxygen atoms in total. The summed E-state index contributed by atoms with van der Waals surface area (Å²) >= 11 is 0. The van der Waals surface area contributed by atoms with E-state index in [1.54, 1.807) is 13.0 Å². The van der Waals surface area contributed by atoms with Crippen LogP contribution in [0.1, 0.15) is 21.8 Å². The summed E-state index contributed by atoms with van der Waals surface area (Å²) in [4.78, 5) is 14.5. The molecule has 25 heavy (non-hydrogen) atoms. The Balaban J connectivity index is 1.48. The summed E-state index contributed by atoms with van der Waals surface area (Å²) < 4.78 is 10.7. The standard InChI is InChI=1S/C18H20N4O3/c1-12-6-17(21-25-12)18(23)22-4-5-24-11-14(10-22)7-13-2-3-16-15(8-13)9-19-20-16/h2-3,6,8-9,14H,4-5,7,10-11H2,1H3,(H,19,20)/t14-/m1/s1. The van der Waals surface area contributed by atoms with Crippen molar-refractivity contribution >= 4 is 16.8 Å². The fourth-order valence-corrected chi connectivity index (χ4v) is 3.27. The van der Waals surface area contributed by atoms with Crippen LogP contribution in [-0.4, -0.2) is 52.5 Å². The van der Waals surface area contributed by atoms with Gasteiger partial charge in [0.15, 0.2) is 5.69 Å². The number of ether oxygens (including phenoxy) is 1. The van der Waals surface area contributed by atoms with Gasteiger partial charge in [-0.1, -0.05) is 11.2 Å². The van der Waals surface area contributed by atoms with Gasteiger partial charge in [0.05, 0.1) is 24.9 Å². The van der Waals surface area contributed by atoms with Crippen LogP contribution in [-0.2, 0) is 11.2 Å². The van der Waals surface area contributed by atoms with Gasteiger partial charge in [-0.3, -0.25) is 9.89 Å². The molecule has 2 aromatic heterocycles. The highest BCUT2D eigenvalue weighted by Crippen LogP contribution is 2.19. The number of H-pyrrole nitrogens is 1. The van der Waals surface area contributed by atoms with Crippen LogP contribution in [0.15, 0.2) is 35.0 Å². The van der Waals surface area contributed by atoms with Crippen LogP contribution in [0, 0.1) is 12.8 Å². The second kappa shape index (κ2) is 6.68. The lowest BCUT2D eigenvalue weighted by Crippen LogP contribution is -2.36. The van der Waals surface area contributed by atoms with Gasteiger partial charge in [-0.25, -0.2) is 0 Å². The molecule has 0 radical (unpaired) electrons. The second-order valence-electron chi connectivity index (χ2n) is 6.51. The van der Waals surface area contributed by atoms with Crippen molar-refractivity contribution < 1.29 is 14.1 Å². The van der Waals surface area contributed by atoms with Gasteiger partial charge in [-0.2, -0.15) is 5.10 Å². The average Bonchev–Trinajstić information content (AvgIpc) is 3.18. The molecule has 1 aliphatic rings. The van der Waals surface area contributed by atoms with Gasteiger partial charge in [0.25, 0.3) is 5.91 Å². The van der Waals surface area contributed by atoms with Gasteiger partial charge >= 0.3 is 0 Å². The summed E-state index contributed by atoms with van der Waals surface area (Å²) in [6.07, 6.45) is 2.67. The molecule has 0 unspecified atom stereocenters. The first-order chi connectivity index (χ1) is 12.2. The van der Waals surface area contributed by atoms with Crippen LogP contribution in [0.4, 0.5) is 0 Å². The maximum Gasteiger partial charge on any atom is 0.276 e. The summed E-state index contributed by atoms with van der Waals surface area (Å²) in [6, 6.07) is 7.95. The summed E-state index contributed by atoms with van der Waals surface area (Å²) in [5.74, 6) is 0.779. The molecule has 1 aromatic carbocycles. The van der Waals surface area contributed by atoms with E-state index >= 15 is 0 Å². The number of amides is 1. The number of aromatic amines is 1. The first-order valence-electron chi connectivity index (χ1n) is 8.41. The molecule has 1 aliphatic heterocycles. The molecular weight excluding hydrogens is 320 g/mol. The zero-order valence-electron chi connectivity index (χ0n) is 14.1. The highest BCUT2D eigenvalue weighted by atomic mass is 16.5. The van der Waals surface area contributed by atoms with Gasteiger partial charge in [0.1, 0.15) is 5.76 Å². The molecule has 0 bridgehead atoms. The summed E-state index contributed by atoms with van der Waals surface area (Å²) in [5, 5.41) is 12.0. The highest BCUT2D eigenvalue weighted by Gasteiger charge is 2.25. The quantitative estimate of drug-likeness (QED) is 0.790. The number of hydrogen-bond acceptors (Lipinski definition) is 5. The Hall–Kier alpha value is -2.67. The van der Waals surface area contributed by atoms with Crippen molar-refractivity contribution in [1.29, 1.82) is 0 Å². The molecule has 1 N–H and O–H groups in total. The number of hydrogen-bond donors (Lipinski definition) is 1. The second-order valence-corrected chi connectivity index (χ2v) is 6.51. The molecule has 0 saturated carbocycles. The van der Waals surface area contributed by atoms with Gasteiger partial charge in [0, 0.05) is 30.5 Å². The van der Waals surface area contributed by atoms with E-state index in [9.17, 15) is 4.79 Å². The number of aryl methyl sites for hydroxylation is 1. The molecule has 0 spiro atoms. The minimum atomic E-state index is -0.0994. The number of carbonyl (C=O) groups is 1. The number of nitrogens with zero attached hydrogens (tertiary/aromatic N) is 3. The number of benzene rings is 1. The molecule has 3 heterocycles. The molecule has 1 saturated heterocycles. The number of carbonyl (C=O) groups excluding carboxylic acids is 1. The molecule has 4 rings (SSSR count). The van der Waals surface area contributed by atoms with Crippen LogP contribution >= 0.6 is 0 Å². The Morgan fingerprint density at radius 2 is 2.32 bits per heavy atom. The third kappa shape index (κ3) is 3.41. The van der Waals surface area contributed by atoms with E-state index in [1.807, 2.05) is 17.2 Å². The third-order valence-corrected chi connectivity index (χ3v) is 4.50. The Bertz CT molecular complexity index is 885. The molecule has 3 aromatic rings. The van der Waals surface area contributed by atoms with Crippen molar-refractivity contribution in [2.24, 2.45) is 5.92 Å². The van der Waals surface area contributed by atoms with Crippen molar-refractivity contribution in [2.75, 3.05) is 26.3 Å². The SMILES string of the molecule is Cc1cc(C(=O)N2CCOC[C@H](Cc3ccc4[nH]ncc4c3)C2)no1. The van der Waals surface area contributed by atoms with E-state index in [1.165, 1.54) is 5.56 Å². The Labute approximate surface area is 144 Å². The van der Waals surface area contributed by atoms with Crippen molar-refractivity contribution in [2.45, 2.75) is 13.3 Å².